The lowest BCUT2D eigenvalue weighted by Gasteiger charge is -2.12. The Labute approximate surface area is 197 Å². The van der Waals surface area contributed by atoms with Crippen molar-refractivity contribution in [1.29, 1.82) is 0 Å². The smallest absolute Gasteiger partial charge is 0.363 e. The zero-order valence-corrected chi connectivity index (χ0v) is 19.2. The van der Waals surface area contributed by atoms with E-state index in [2.05, 4.69) is 4.99 Å². The second kappa shape index (κ2) is 9.80. The Hall–Kier alpha value is -4.11. The van der Waals surface area contributed by atoms with Gasteiger partial charge in [-0.05, 0) is 67.1 Å². The molecule has 1 heterocycles. The van der Waals surface area contributed by atoms with Crippen LogP contribution >= 0.6 is 0 Å². The second-order valence-corrected chi connectivity index (χ2v) is 8.60. The maximum absolute atomic E-state index is 12.6. The number of benzene rings is 3. The maximum atomic E-state index is 12.6. The lowest BCUT2D eigenvalue weighted by atomic mass is 10.1. The van der Waals surface area contributed by atoms with Crippen LogP contribution < -0.4 is 13.7 Å². The summed E-state index contributed by atoms with van der Waals surface area (Å²) in [7, 11) is -2.48. The quantitative estimate of drug-likeness (QED) is 0.271. The summed E-state index contributed by atoms with van der Waals surface area (Å²) in [6.07, 6.45) is 1.52. The molecule has 0 aromatic heterocycles. The van der Waals surface area contributed by atoms with Crippen molar-refractivity contribution in [3.63, 3.8) is 0 Å². The Balaban J connectivity index is 1.61. The maximum Gasteiger partial charge on any atom is 0.363 e. The molecule has 0 aliphatic carbocycles. The molecular weight excluding hydrogens is 458 g/mol. The van der Waals surface area contributed by atoms with Gasteiger partial charge in [-0.15, -0.1) is 0 Å². The minimum Gasteiger partial charge on any atom is -0.497 e. The number of cyclic esters (lactones) is 1. The lowest BCUT2D eigenvalue weighted by molar-refractivity contribution is -0.129. The van der Waals surface area contributed by atoms with Crippen molar-refractivity contribution in [2.24, 2.45) is 4.99 Å². The van der Waals surface area contributed by atoms with Crippen molar-refractivity contribution in [2.75, 3.05) is 13.7 Å². The fourth-order valence-electron chi connectivity index (χ4n) is 3.13. The third-order valence-electron chi connectivity index (χ3n) is 4.76. The number of rotatable bonds is 8. The van der Waals surface area contributed by atoms with Gasteiger partial charge < -0.3 is 18.4 Å². The van der Waals surface area contributed by atoms with Crippen LogP contribution in [0.5, 0.6) is 17.2 Å². The number of aliphatic imine (C=N–C) groups is 1. The molecule has 0 fully saturated rings. The molecule has 8 nitrogen and oxygen atoms in total. The Morgan fingerprint density at radius 1 is 0.971 bits per heavy atom. The number of carbonyl (C=O) groups excluding carboxylic acids is 1. The largest absolute Gasteiger partial charge is 0.497 e. The van der Waals surface area contributed by atoms with Gasteiger partial charge in [0.2, 0.25) is 5.90 Å². The molecule has 0 amide bonds. The molecule has 0 N–H and O–H groups in total. The average molecular weight is 480 g/mol. The highest BCUT2D eigenvalue weighted by molar-refractivity contribution is 7.87. The number of carbonyl (C=O) groups is 1. The molecule has 1 aliphatic heterocycles. The van der Waals surface area contributed by atoms with Gasteiger partial charge in [-0.25, -0.2) is 9.79 Å². The molecule has 0 saturated carbocycles. The first-order chi connectivity index (χ1) is 16.4. The summed E-state index contributed by atoms with van der Waals surface area (Å²) in [5.41, 5.74) is 1.28. The minimum absolute atomic E-state index is 0.0257. The molecule has 3 aromatic carbocycles. The van der Waals surface area contributed by atoms with Crippen LogP contribution in [0.1, 0.15) is 18.1 Å². The van der Waals surface area contributed by atoms with E-state index < -0.39 is 16.1 Å². The van der Waals surface area contributed by atoms with E-state index in [0.29, 0.717) is 16.9 Å². The molecule has 9 heteroatoms. The van der Waals surface area contributed by atoms with Gasteiger partial charge in [-0.1, -0.05) is 24.3 Å². The molecule has 1 aliphatic rings. The Morgan fingerprint density at radius 2 is 1.71 bits per heavy atom. The molecule has 34 heavy (non-hydrogen) atoms. The molecule has 3 aromatic rings. The third-order valence-corrected chi connectivity index (χ3v) is 6.01. The van der Waals surface area contributed by atoms with E-state index in [4.69, 9.17) is 18.4 Å². The summed E-state index contributed by atoms with van der Waals surface area (Å²) >= 11 is 0. The first-order valence-electron chi connectivity index (χ1n) is 10.3. The first-order valence-corrected chi connectivity index (χ1v) is 11.7. The number of hydrogen-bond acceptors (Lipinski definition) is 8. The van der Waals surface area contributed by atoms with Crippen LogP contribution in [0.2, 0.25) is 0 Å². The van der Waals surface area contributed by atoms with Crippen molar-refractivity contribution in [2.45, 2.75) is 11.8 Å². The monoisotopic (exact) mass is 479 g/mol. The van der Waals surface area contributed by atoms with Crippen LogP contribution in [0.3, 0.4) is 0 Å². The summed E-state index contributed by atoms with van der Waals surface area (Å²) in [5, 5.41) is 0. The summed E-state index contributed by atoms with van der Waals surface area (Å²) in [6, 6.07) is 19.4. The van der Waals surface area contributed by atoms with E-state index >= 15 is 0 Å². The fourth-order valence-corrected chi connectivity index (χ4v) is 4.09. The summed E-state index contributed by atoms with van der Waals surface area (Å²) in [4.78, 5) is 16.7. The molecule has 0 unspecified atom stereocenters. The summed E-state index contributed by atoms with van der Waals surface area (Å²) in [6.45, 7) is 2.05. The van der Waals surface area contributed by atoms with Crippen LogP contribution in [0.25, 0.3) is 6.08 Å². The van der Waals surface area contributed by atoms with Crippen LogP contribution in [0.4, 0.5) is 0 Å². The zero-order chi connectivity index (χ0) is 24.1. The van der Waals surface area contributed by atoms with Gasteiger partial charge in [0.05, 0.1) is 13.7 Å². The molecule has 0 atom stereocenters. The summed E-state index contributed by atoms with van der Waals surface area (Å²) in [5.74, 6) is 0.490. The second-order valence-electron chi connectivity index (χ2n) is 7.05. The predicted octanol–water partition coefficient (Wildman–Crippen LogP) is 4.21. The Morgan fingerprint density at radius 3 is 2.38 bits per heavy atom. The Bertz CT molecular complexity index is 1360. The van der Waals surface area contributed by atoms with Crippen molar-refractivity contribution in [1.82, 2.24) is 0 Å². The normalized spacial score (nSPS) is 14.5. The predicted molar refractivity (Wildman–Crippen MR) is 125 cm³/mol. The van der Waals surface area contributed by atoms with Crippen LogP contribution in [-0.2, 0) is 19.6 Å². The van der Waals surface area contributed by atoms with Gasteiger partial charge in [0, 0.05) is 5.56 Å². The topological polar surface area (TPSA) is 100 Å². The molecule has 4 rings (SSSR count). The number of nitrogens with zero attached hydrogens (tertiary/aromatic N) is 1. The van der Waals surface area contributed by atoms with E-state index in [9.17, 15) is 13.2 Å². The van der Waals surface area contributed by atoms with E-state index in [-0.39, 0.29) is 34.6 Å². The van der Waals surface area contributed by atoms with Crippen LogP contribution in [0.15, 0.2) is 88.4 Å². The van der Waals surface area contributed by atoms with Gasteiger partial charge in [0.25, 0.3) is 0 Å². The number of ether oxygens (including phenoxy) is 3. The number of hydrogen-bond donors (Lipinski definition) is 0. The lowest BCUT2D eigenvalue weighted by Crippen LogP contribution is -2.10. The minimum atomic E-state index is -4.04. The van der Waals surface area contributed by atoms with Gasteiger partial charge in [0.15, 0.2) is 17.2 Å². The van der Waals surface area contributed by atoms with Crippen molar-refractivity contribution in [3.8, 4) is 17.2 Å². The molecule has 0 radical (unpaired) electrons. The fraction of sp³-hybridized carbons (Fsp3) is 0.120. The molecule has 0 spiro atoms. The van der Waals surface area contributed by atoms with Gasteiger partial charge in [-0.3, -0.25) is 0 Å². The number of esters is 1. The van der Waals surface area contributed by atoms with Gasteiger partial charge in [0.1, 0.15) is 10.6 Å². The molecular formula is C25H21NO7S. The highest BCUT2D eigenvalue weighted by atomic mass is 32.2. The van der Waals surface area contributed by atoms with E-state index in [0.717, 1.165) is 0 Å². The van der Waals surface area contributed by atoms with E-state index in [1.807, 2.05) is 0 Å². The van der Waals surface area contributed by atoms with E-state index in [1.165, 1.54) is 24.3 Å². The molecule has 0 bridgehead atoms. The third kappa shape index (κ3) is 5.10. The van der Waals surface area contributed by atoms with Gasteiger partial charge >= 0.3 is 16.1 Å². The van der Waals surface area contributed by atoms with Crippen LogP contribution in [-0.4, -0.2) is 34.0 Å². The highest BCUT2D eigenvalue weighted by Gasteiger charge is 2.25. The summed E-state index contributed by atoms with van der Waals surface area (Å²) < 4.78 is 46.5. The van der Waals surface area contributed by atoms with Crippen LogP contribution in [0, 0.1) is 0 Å². The zero-order valence-electron chi connectivity index (χ0n) is 18.4. The standard InChI is InChI=1S/C25H21NO7S/c1-3-31-23-16-17(9-14-22(23)33-34(28,29)20-7-5-4-6-8-20)15-21-25(27)32-24(26-21)18-10-12-19(30-2)13-11-18/h4-16H,3H2,1-2H3/b21-15+. The Kier molecular flexibility index (Phi) is 6.65. The van der Waals surface area contributed by atoms with Crippen molar-refractivity contribution >= 4 is 28.1 Å². The molecule has 174 valence electrons. The number of methoxy groups -OCH3 is 1. The van der Waals surface area contributed by atoms with Gasteiger partial charge in [-0.2, -0.15) is 8.42 Å². The van der Waals surface area contributed by atoms with E-state index in [1.54, 1.807) is 68.6 Å². The molecule has 0 saturated heterocycles. The average Bonchev–Trinajstić information content (AvgIpc) is 3.21. The highest BCUT2D eigenvalue weighted by Crippen LogP contribution is 2.32. The first kappa shape index (κ1) is 23.1. The van der Waals surface area contributed by atoms with Crippen molar-refractivity contribution < 1.29 is 31.6 Å². The van der Waals surface area contributed by atoms with Crippen molar-refractivity contribution in [3.05, 3.63) is 89.6 Å². The SMILES string of the molecule is CCOc1cc(/C=C2/N=C(c3ccc(OC)cc3)OC2=O)ccc1OS(=O)(=O)c1ccccc1.